The van der Waals surface area contributed by atoms with Crippen LogP contribution in [0.15, 0.2) is 36.8 Å². The average molecular weight is 353 g/mol. The number of halogens is 2. The Labute approximate surface area is 146 Å². The molecule has 1 fully saturated rings. The zero-order valence-electron chi connectivity index (χ0n) is 13.5. The maximum Gasteiger partial charge on any atom is 0.277 e. The minimum atomic E-state index is -0.708. The van der Waals surface area contributed by atoms with Crippen molar-refractivity contribution in [3.05, 3.63) is 65.4 Å². The van der Waals surface area contributed by atoms with Gasteiger partial charge in [0, 0.05) is 29.9 Å². The molecule has 8 heteroatoms. The molecule has 0 saturated heterocycles. The molecule has 3 aromatic rings. The Balaban J connectivity index is 1.58. The summed E-state index contributed by atoms with van der Waals surface area (Å²) in [5.41, 5.74) is 2.08. The fraction of sp³-hybridized carbons (Fsp3) is 0.222. The van der Waals surface area contributed by atoms with Gasteiger partial charge in [-0.15, -0.1) is 0 Å². The second kappa shape index (κ2) is 5.42. The molecular formula is C18H13F2N5O. The Morgan fingerprint density at radius 3 is 2.92 bits per heavy atom. The number of hydrogen-bond acceptors (Lipinski definition) is 4. The lowest BCUT2D eigenvalue weighted by Crippen LogP contribution is -2.16. The van der Waals surface area contributed by atoms with Crippen LogP contribution in [0.1, 0.15) is 34.1 Å². The highest BCUT2D eigenvalue weighted by molar-refractivity contribution is 6.03. The van der Waals surface area contributed by atoms with E-state index in [2.05, 4.69) is 20.4 Å². The standard InChI is InChI=1S/C18H13F2N5O/c19-10-1-2-14(13(20)7-10)25-17-11-5-9(11)6-12(17)16(24-25)18(26)23-15-8-21-3-4-22-15/h1-4,7-9,11H,5-6H2,(H,22,23,26)/t9-,11-/m0/s1. The first-order valence-corrected chi connectivity index (χ1v) is 8.26. The quantitative estimate of drug-likeness (QED) is 0.786. The van der Waals surface area contributed by atoms with E-state index in [-0.39, 0.29) is 17.3 Å². The summed E-state index contributed by atoms with van der Waals surface area (Å²) in [5, 5.41) is 7.02. The fourth-order valence-electron chi connectivity index (χ4n) is 3.67. The van der Waals surface area contributed by atoms with Gasteiger partial charge in [-0.2, -0.15) is 5.10 Å². The van der Waals surface area contributed by atoms with Gasteiger partial charge < -0.3 is 5.32 Å². The molecule has 26 heavy (non-hydrogen) atoms. The third-order valence-electron chi connectivity index (χ3n) is 4.92. The summed E-state index contributed by atoms with van der Waals surface area (Å²) < 4.78 is 29.0. The second-order valence-corrected chi connectivity index (χ2v) is 6.57. The van der Waals surface area contributed by atoms with E-state index < -0.39 is 17.5 Å². The molecule has 2 heterocycles. The van der Waals surface area contributed by atoms with Gasteiger partial charge in [0.15, 0.2) is 17.3 Å². The van der Waals surface area contributed by atoms with Crippen LogP contribution in [0.2, 0.25) is 0 Å². The molecule has 0 unspecified atom stereocenters. The van der Waals surface area contributed by atoms with Crippen molar-refractivity contribution < 1.29 is 13.6 Å². The normalized spacial score (nSPS) is 19.8. The predicted molar refractivity (Wildman–Crippen MR) is 88.0 cm³/mol. The van der Waals surface area contributed by atoms with Crippen molar-refractivity contribution in [1.29, 1.82) is 0 Å². The lowest BCUT2D eigenvalue weighted by molar-refractivity contribution is 0.102. The molecule has 0 spiro atoms. The van der Waals surface area contributed by atoms with Crippen LogP contribution in [0, 0.1) is 17.6 Å². The number of anilines is 1. The topological polar surface area (TPSA) is 72.7 Å². The van der Waals surface area contributed by atoms with Gasteiger partial charge in [0.05, 0.1) is 11.9 Å². The molecule has 130 valence electrons. The predicted octanol–water partition coefficient (Wildman–Crippen LogP) is 2.85. The van der Waals surface area contributed by atoms with Crippen LogP contribution in [0.25, 0.3) is 5.69 Å². The maximum absolute atomic E-state index is 14.3. The summed E-state index contributed by atoms with van der Waals surface area (Å²) in [6.07, 6.45) is 6.17. The largest absolute Gasteiger partial charge is 0.304 e. The van der Waals surface area contributed by atoms with E-state index in [1.165, 1.54) is 35.4 Å². The monoisotopic (exact) mass is 353 g/mol. The lowest BCUT2D eigenvalue weighted by Gasteiger charge is -2.07. The SMILES string of the molecule is O=C(Nc1cnccn1)c1nn(-c2ccc(F)cc2F)c2c1C[C@@H]1C[C@H]21. The summed E-state index contributed by atoms with van der Waals surface area (Å²) in [5.74, 6) is -0.706. The Kier molecular flexibility index (Phi) is 3.15. The van der Waals surface area contributed by atoms with E-state index in [9.17, 15) is 13.6 Å². The molecular weight excluding hydrogens is 340 g/mol. The van der Waals surface area contributed by atoms with Crippen LogP contribution >= 0.6 is 0 Å². The average Bonchev–Trinajstić information content (AvgIpc) is 3.12. The summed E-state index contributed by atoms with van der Waals surface area (Å²) >= 11 is 0. The van der Waals surface area contributed by atoms with Crippen LogP contribution < -0.4 is 5.32 Å². The molecule has 1 amide bonds. The first-order chi connectivity index (χ1) is 12.6. The number of amides is 1. The number of carbonyl (C=O) groups is 1. The third-order valence-corrected chi connectivity index (χ3v) is 4.92. The second-order valence-electron chi connectivity index (χ2n) is 6.57. The van der Waals surface area contributed by atoms with Crippen LogP contribution in [0.5, 0.6) is 0 Å². The van der Waals surface area contributed by atoms with Crippen molar-refractivity contribution in [2.45, 2.75) is 18.8 Å². The van der Waals surface area contributed by atoms with Gasteiger partial charge in [-0.1, -0.05) is 0 Å². The van der Waals surface area contributed by atoms with Crippen molar-refractivity contribution in [3.8, 4) is 5.69 Å². The van der Waals surface area contributed by atoms with Crippen LogP contribution in [-0.2, 0) is 6.42 Å². The van der Waals surface area contributed by atoms with Crippen LogP contribution in [0.3, 0.4) is 0 Å². The zero-order chi connectivity index (χ0) is 17.8. The highest BCUT2D eigenvalue weighted by Gasteiger charge is 2.50. The third kappa shape index (κ3) is 2.29. The Bertz CT molecular complexity index is 1030. The number of hydrogen-bond donors (Lipinski definition) is 1. The smallest absolute Gasteiger partial charge is 0.277 e. The summed E-state index contributed by atoms with van der Waals surface area (Å²) in [6.45, 7) is 0. The molecule has 2 aliphatic carbocycles. The number of rotatable bonds is 3. The van der Waals surface area contributed by atoms with Gasteiger partial charge in [0.25, 0.3) is 5.91 Å². The van der Waals surface area contributed by atoms with Gasteiger partial charge in [-0.05, 0) is 30.9 Å². The molecule has 1 aromatic carbocycles. The number of carbonyl (C=O) groups excluding carboxylic acids is 1. The zero-order valence-corrected chi connectivity index (χ0v) is 13.5. The number of aromatic nitrogens is 4. The highest BCUT2D eigenvalue weighted by Crippen LogP contribution is 2.57. The minimum Gasteiger partial charge on any atom is -0.304 e. The van der Waals surface area contributed by atoms with Gasteiger partial charge >= 0.3 is 0 Å². The molecule has 6 nitrogen and oxygen atoms in total. The van der Waals surface area contributed by atoms with Crippen molar-refractivity contribution in [2.24, 2.45) is 5.92 Å². The number of nitrogens with one attached hydrogen (secondary N) is 1. The van der Waals surface area contributed by atoms with E-state index in [0.29, 0.717) is 11.7 Å². The van der Waals surface area contributed by atoms with Gasteiger partial charge in [-0.3, -0.25) is 9.78 Å². The number of benzene rings is 1. The van der Waals surface area contributed by atoms with E-state index in [1.54, 1.807) is 0 Å². The molecule has 1 saturated carbocycles. The van der Waals surface area contributed by atoms with Crippen LogP contribution in [-0.4, -0.2) is 25.7 Å². The van der Waals surface area contributed by atoms with Crippen LogP contribution in [0.4, 0.5) is 14.6 Å². The highest BCUT2D eigenvalue weighted by atomic mass is 19.1. The molecule has 5 rings (SSSR count). The summed E-state index contributed by atoms with van der Waals surface area (Å²) in [4.78, 5) is 20.6. The van der Waals surface area contributed by atoms with E-state index >= 15 is 0 Å². The molecule has 0 bridgehead atoms. The molecule has 0 aliphatic heterocycles. The number of nitrogens with zero attached hydrogens (tertiary/aromatic N) is 4. The molecule has 2 aliphatic rings. The van der Waals surface area contributed by atoms with E-state index in [1.807, 2.05) is 0 Å². The maximum atomic E-state index is 14.3. The molecule has 0 radical (unpaired) electrons. The van der Waals surface area contributed by atoms with Gasteiger partial charge in [0.2, 0.25) is 0 Å². The summed E-state index contributed by atoms with van der Waals surface area (Å²) in [6, 6.07) is 3.35. The van der Waals surface area contributed by atoms with Crippen molar-refractivity contribution in [1.82, 2.24) is 19.7 Å². The van der Waals surface area contributed by atoms with Crippen molar-refractivity contribution >= 4 is 11.7 Å². The van der Waals surface area contributed by atoms with E-state index in [0.717, 1.165) is 30.2 Å². The van der Waals surface area contributed by atoms with Crippen molar-refractivity contribution in [3.63, 3.8) is 0 Å². The van der Waals surface area contributed by atoms with Crippen molar-refractivity contribution in [2.75, 3.05) is 5.32 Å². The first kappa shape index (κ1) is 15.1. The van der Waals surface area contributed by atoms with Gasteiger partial charge in [-0.25, -0.2) is 18.4 Å². The Morgan fingerprint density at radius 1 is 1.27 bits per heavy atom. The Hall–Kier alpha value is -3.16. The molecule has 2 atom stereocenters. The Morgan fingerprint density at radius 2 is 2.15 bits per heavy atom. The first-order valence-electron chi connectivity index (χ1n) is 8.26. The fourth-order valence-corrected chi connectivity index (χ4v) is 3.67. The van der Waals surface area contributed by atoms with E-state index in [4.69, 9.17) is 0 Å². The molecule has 2 aromatic heterocycles. The minimum absolute atomic E-state index is 0.147. The molecule has 1 N–H and O–H groups in total. The van der Waals surface area contributed by atoms with Gasteiger partial charge in [0.1, 0.15) is 11.5 Å². The lowest BCUT2D eigenvalue weighted by atomic mass is 10.1. The summed E-state index contributed by atoms with van der Waals surface area (Å²) in [7, 11) is 0. The number of fused-ring (bicyclic) bond motifs is 3.